The van der Waals surface area contributed by atoms with Crippen LogP contribution in [0.1, 0.15) is 50.8 Å². The van der Waals surface area contributed by atoms with Crippen molar-refractivity contribution in [1.29, 1.82) is 0 Å². The van der Waals surface area contributed by atoms with Gasteiger partial charge in [0.1, 0.15) is 5.75 Å². The molecule has 2 heteroatoms. The van der Waals surface area contributed by atoms with Crippen molar-refractivity contribution in [2.75, 3.05) is 13.7 Å². The average Bonchev–Trinajstić information content (AvgIpc) is 2.36. The van der Waals surface area contributed by atoms with E-state index in [-0.39, 0.29) is 0 Å². The Bertz CT molecular complexity index is 362. The standard InChI is InChI=1S/C16H27NO/c1-6-7-13(3)11-18-16-10-12(2)8-9-15(16)14(4)17-5/h8-10,13-14,17H,6-7,11H2,1-5H3. The predicted molar refractivity (Wildman–Crippen MR) is 78.2 cm³/mol. The van der Waals surface area contributed by atoms with Gasteiger partial charge in [-0.2, -0.15) is 0 Å². The summed E-state index contributed by atoms with van der Waals surface area (Å²) in [7, 11) is 1.98. The summed E-state index contributed by atoms with van der Waals surface area (Å²) >= 11 is 0. The van der Waals surface area contributed by atoms with Gasteiger partial charge in [0.2, 0.25) is 0 Å². The Morgan fingerprint density at radius 1 is 1.28 bits per heavy atom. The largest absolute Gasteiger partial charge is 0.493 e. The second-order valence-electron chi connectivity index (χ2n) is 5.26. The van der Waals surface area contributed by atoms with Gasteiger partial charge in [-0.3, -0.25) is 0 Å². The Morgan fingerprint density at radius 3 is 2.61 bits per heavy atom. The molecule has 2 unspecified atom stereocenters. The third-order valence-corrected chi connectivity index (χ3v) is 3.37. The Balaban J connectivity index is 2.76. The maximum Gasteiger partial charge on any atom is 0.124 e. The molecule has 0 aliphatic carbocycles. The van der Waals surface area contributed by atoms with E-state index in [0.29, 0.717) is 12.0 Å². The lowest BCUT2D eigenvalue weighted by molar-refractivity contribution is 0.248. The lowest BCUT2D eigenvalue weighted by Crippen LogP contribution is -2.15. The van der Waals surface area contributed by atoms with E-state index >= 15 is 0 Å². The lowest BCUT2D eigenvalue weighted by atomic mass is 10.0. The maximum atomic E-state index is 6.02. The molecule has 0 radical (unpaired) electrons. The van der Waals surface area contributed by atoms with Crippen LogP contribution in [-0.2, 0) is 0 Å². The number of rotatable bonds is 7. The minimum absolute atomic E-state index is 0.321. The first-order valence-corrected chi connectivity index (χ1v) is 6.99. The molecule has 0 aliphatic heterocycles. The van der Waals surface area contributed by atoms with Crippen molar-refractivity contribution < 1.29 is 4.74 Å². The molecule has 18 heavy (non-hydrogen) atoms. The van der Waals surface area contributed by atoms with Gasteiger partial charge < -0.3 is 10.1 Å². The van der Waals surface area contributed by atoms with Crippen molar-refractivity contribution in [3.8, 4) is 5.75 Å². The fraction of sp³-hybridized carbons (Fsp3) is 0.625. The summed E-state index contributed by atoms with van der Waals surface area (Å²) in [5.41, 5.74) is 2.49. The first kappa shape index (κ1) is 15.0. The predicted octanol–water partition coefficient (Wildman–Crippen LogP) is 4.09. The monoisotopic (exact) mass is 249 g/mol. The molecule has 0 spiro atoms. The fourth-order valence-electron chi connectivity index (χ4n) is 2.09. The number of hydrogen-bond acceptors (Lipinski definition) is 2. The number of benzene rings is 1. The second-order valence-corrected chi connectivity index (χ2v) is 5.26. The summed E-state index contributed by atoms with van der Waals surface area (Å²) < 4.78 is 6.02. The van der Waals surface area contributed by atoms with E-state index in [1.807, 2.05) is 7.05 Å². The molecule has 0 saturated heterocycles. The molecule has 1 aromatic rings. The van der Waals surface area contributed by atoms with Crippen molar-refractivity contribution in [3.05, 3.63) is 29.3 Å². The van der Waals surface area contributed by atoms with Crippen LogP contribution >= 0.6 is 0 Å². The summed E-state index contributed by atoms with van der Waals surface area (Å²) in [6.45, 7) is 9.54. The summed E-state index contributed by atoms with van der Waals surface area (Å²) in [4.78, 5) is 0. The highest BCUT2D eigenvalue weighted by Crippen LogP contribution is 2.26. The van der Waals surface area contributed by atoms with Gasteiger partial charge in [-0.1, -0.05) is 32.4 Å². The van der Waals surface area contributed by atoms with Crippen LogP contribution < -0.4 is 10.1 Å². The van der Waals surface area contributed by atoms with Crippen LogP contribution in [0.25, 0.3) is 0 Å². The second kappa shape index (κ2) is 7.42. The molecule has 0 fully saturated rings. The molecule has 2 atom stereocenters. The normalized spacial score (nSPS) is 14.3. The average molecular weight is 249 g/mol. The molecule has 102 valence electrons. The Labute approximate surface area is 112 Å². The molecule has 0 saturated carbocycles. The van der Waals surface area contributed by atoms with Crippen molar-refractivity contribution >= 4 is 0 Å². The van der Waals surface area contributed by atoms with Gasteiger partial charge in [-0.15, -0.1) is 0 Å². The summed E-state index contributed by atoms with van der Waals surface area (Å²) in [5.74, 6) is 1.65. The van der Waals surface area contributed by atoms with Crippen LogP contribution in [0.2, 0.25) is 0 Å². The molecule has 0 aliphatic rings. The molecular weight excluding hydrogens is 222 g/mol. The van der Waals surface area contributed by atoms with Gasteiger partial charge in [0.25, 0.3) is 0 Å². The van der Waals surface area contributed by atoms with Crippen LogP contribution in [-0.4, -0.2) is 13.7 Å². The molecule has 1 aromatic carbocycles. The van der Waals surface area contributed by atoms with Crippen LogP contribution in [0.3, 0.4) is 0 Å². The summed E-state index contributed by atoms with van der Waals surface area (Å²) in [6.07, 6.45) is 2.45. The summed E-state index contributed by atoms with van der Waals surface area (Å²) in [5, 5.41) is 3.27. The molecule has 1 N–H and O–H groups in total. The van der Waals surface area contributed by atoms with Crippen molar-refractivity contribution in [2.45, 2.75) is 46.6 Å². The SMILES string of the molecule is CCCC(C)COc1cc(C)ccc1C(C)NC. The van der Waals surface area contributed by atoms with Crippen LogP contribution in [0, 0.1) is 12.8 Å². The van der Waals surface area contributed by atoms with Crippen LogP contribution in [0.15, 0.2) is 18.2 Å². The van der Waals surface area contributed by atoms with E-state index in [0.717, 1.165) is 12.4 Å². The van der Waals surface area contributed by atoms with Gasteiger partial charge in [-0.05, 0) is 44.9 Å². The Morgan fingerprint density at radius 2 is 2.00 bits per heavy atom. The zero-order valence-electron chi connectivity index (χ0n) is 12.4. The quantitative estimate of drug-likeness (QED) is 0.786. The van der Waals surface area contributed by atoms with Gasteiger partial charge in [-0.25, -0.2) is 0 Å². The number of ether oxygens (including phenoxy) is 1. The molecular formula is C16H27NO. The number of hydrogen-bond donors (Lipinski definition) is 1. The van der Waals surface area contributed by atoms with E-state index in [2.05, 4.69) is 51.2 Å². The van der Waals surface area contributed by atoms with E-state index in [1.165, 1.54) is 24.0 Å². The minimum Gasteiger partial charge on any atom is -0.493 e. The molecule has 0 amide bonds. The minimum atomic E-state index is 0.321. The third kappa shape index (κ3) is 4.34. The van der Waals surface area contributed by atoms with Gasteiger partial charge in [0.05, 0.1) is 6.61 Å². The fourth-order valence-corrected chi connectivity index (χ4v) is 2.09. The molecule has 1 rings (SSSR count). The van der Waals surface area contributed by atoms with Crippen molar-refractivity contribution in [3.63, 3.8) is 0 Å². The molecule has 0 bridgehead atoms. The van der Waals surface area contributed by atoms with Gasteiger partial charge in [0, 0.05) is 11.6 Å². The highest BCUT2D eigenvalue weighted by atomic mass is 16.5. The zero-order chi connectivity index (χ0) is 13.5. The van der Waals surface area contributed by atoms with Gasteiger partial charge in [0.15, 0.2) is 0 Å². The van der Waals surface area contributed by atoms with Crippen molar-refractivity contribution in [2.24, 2.45) is 5.92 Å². The smallest absolute Gasteiger partial charge is 0.124 e. The Hall–Kier alpha value is -1.02. The zero-order valence-corrected chi connectivity index (χ0v) is 12.4. The van der Waals surface area contributed by atoms with Crippen LogP contribution in [0.5, 0.6) is 5.75 Å². The maximum absolute atomic E-state index is 6.02. The molecule has 2 nitrogen and oxygen atoms in total. The highest BCUT2D eigenvalue weighted by Gasteiger charge is 2.11. The topological polar surface area (TPSA) is 21.3 Å². The van der Waals surface area contributed by atoms with Gasteiger partial charge >= 0.3 is 0 Å². The van der Waals surface area contributed by atoms with E-state index in [1.54, 1.807) is 0 Å². The molecule has 0 heterocycles. The first-order valence-electron chi connectivity index (χ1n) is 6.99. The lowest BCUT2D eigenvalue weighted by Gasteiger charge is -2.19. The third-order valence-electron chi connectivity index (χ3n) is 3.37. The Kier molecular flexibility index (Phi) is 6.20. The summed E-state index contributed by atoms with van der Waals surface area (Å²) in [6, 6.07) is 6.77. The number of nitrogens with one attached hydrogen (secondary N) is 1. The van der Waals surface area contributed by atoms with E-state index in [9.17, 15) is 0 Å². The van der Waals surface area contributed by atoms with Crippen molar-refractivity contribution in [1.82, 2.24) is 5.32 Å². The van der Waals surface area contributed by atoms with Crippen LogP contribution in [0.4, 0.5) is 0 Å². The molecule has 0 aromatic heterocycles. The number of aryl methyl sites for hydroxylation is 1. The first-order chi connectivity index (χ1) is 8.58. The highest BCUT2D eigenvalue weighted by molar-refractivity contribution is 5.39. The van der Waals surface area contributed by atoms with E-state index in [4.69, 9.17) is 4.74 Å². The van der Waals surface area contributed by atoms with E-state index < -0.39 is 0 Å².